The molecule has 0 spiro atoms. The van der Waals surface area contributed by atoms with Crippen molar-refractivity contribution in [1.29, 1.82) is 0 Å². The number of aromatic nitrogens is 2. The van der Waals surface area contributed by atoms with Gasteiger partial charge in [-0.05, 0) is 35.8 Å². The summed E-state index contributed by atoms with van der Waals surface area (Å²) in [5.74, 6) is -1.09. The van der Waals surface area contributed by atoms with Crippen LogP contribution in [0.3, 0.4) is 0 Å². The lowest BCUT2D eigenvalue weighted by molar-refractivity contribution is -0.385. The number of benzene rings is 2. The highest BCUT2D eigenvalue weighted by Gasteiger charge is 2.35. The summed E-state index contributed by atoms with van der Waals surface area (Å²) < 4.78 is 24.4. The number of nitro benzene ring substituents is 2. The Morgan fingerprint density at radius 2 is 1.59 bits per heavy atom. The first-order valence-electron chi connectivity index (χ1n) is 11.3. The van der Waals surface area contributed by atoms with Gasteiger partial charge in [-0.2, -0.15) is 19.0 Å². The van der Waals surface area contributed by atoms with Crippen molar-refractivity contribution in [3.63, 3.8) is 0 Å². The molecule has 0 radical (unpaired) electrons. The van der Waals surface area contributed by atoms with Gasteiger partial charge < -0.3 is 4.52 Å². The Kier molecular flexibility index (Phi) is 9.29. The second-order valence-corrected chi connectivity index (χ2v) is 10.5. The third-order valence-electron chi connectivity index (χ3n) is 5.11. The zero-order valence-corrected chi connectivity index (χ0v) is 22.5. The van der Waals surface area contributed by atoms with Crippen LogP contribution in [0.2, 0.25) is 0 Å². The smallest absolute Gasteiger partial charge is 0.311 e. The van der Waals surface area contributed by atoms with E-state index in [1.54, 1.807) is 6.92 Å². The van der Waals surface area contributed by atoms with Gasteiger partial charge in [0.05, 0.1) is 21.2 Å². The van der Waals surface area contributed by atoms with E-state index in [9.17, 15) is 34.4 Å². The van der Waals surface area contributed by atoms with Crippen LogP contribution < -0.4 is 10.1 Å². The average Bonchev–Trinajstić information content (AvgIpc) is 3.36. The number of non-ortho nitro benzene ring substituents is 2. The fourth-order valence-corrected chi connectivity index (χ4v) is 5.57. The highest BCUT2D eigenvalue weighted by molar-refractivity contribution is 7.78. The molecule has 0 aliphatic carbocycles. The molecule has 1 unspecified atom stereocenters. The number of nitrogens with zero attached hydrogens (tertiary/aromatic N) is 6. The van der Waals surface area contributed by atoms with Crippen molar-refractivity contribution < 1.29 is 28.5 Å². The van der Waals surface area contributed by atoms with Gasteiger partial charge >= 0.3 is 7.52 Å². The molecule has 0 saturated heterocycles. The van der Waals surface area contributed by atoms with Crippen molar-refractivity contribution in [2.75, 3.05) is 12.5 Å². The highest BCUT2D eigenvalue weighted by atomic mass is 32.1. The van der Waals surface area contributed by atoms with Crippen molar-refractivity contribution in [3.05, 3.63) is 79.1 Å². The molecule has 0 aliphatic rings. The monoisotopic (exact) mass is 575 g/mol. The van der Waals surface area contributed by atoms with Gasteiger partial charge in [0, 0.05) is 44.2 Å². The van der Waals surface area contributed by atoms with Crippen LogP contribution in [-0.4, -0.2) is 43.1 Å². The number of carbonyl (C=O) groups is 2. The summed E-state index contributed by atoms with van der Waals surface area (Å²) in [6.45, 7) is 3.12. The highest BCUT2D eigenvalue weighted by Crippen LogP contribution is 2.49. The van der Waals surface area contributed by atoms with E-state index in [0.29, 0.717) is 5.69 Å². The molecule has 204 valence electrons. The van der Waals surface area contributed by atoms with E-state index in [1.165, 1.54) is 59.5 Å². The maximum absolute atomic E-state index is 13.9. The molecule has 1 atom stereocenters. The first-order chi connectivity index (χ1) is 18.5. The molecule has 2 aromatic carbocycles. The van der Waals surface area contributed by atoms with Gasteiger partial charge in [-0.15, -0.1) is 0 Å². The molecule has 0 aliphatic heterocycles. The molecule has 0 saturated carbocycles. The molecule has 1 N–H and O–H groups in total. The van der Waals surface area contributed by atoms with Gasteiger partial charge in [-0.1, -0.05) is 13.8 Å². The molecular weight excluding hydrogens is 553 g/mol. The fourth-order valence-electron chi connectivity index (χ4n) is 3.01. The van der Waals surface area contributed by atoms with Gasteiger partial charge in [-0.3, -0.25) is 39.8 Å². The summed E-state index contributed by atoms with van der Waals surface area (Å²) in [7, 11) is -3.30. The van der Waals surface area contributed by atoms with Crippen LogP contribution in [0, 0.1) is 20.2 Å². The first kappa shape index (κ1) is 29.2. The van der Waals surface area contributed by atoms with Crippen LogP contribution in [0.5, 0.6) is 0 Å². The number of nitro groups is 2. The molecule has 0 bridgehead atoms. The summed E-state index contributed by atoms with van der Waals surface area (Å²) in [4.78, 5) is 46.1. The van der Waals surface area contributed by atoms with Crippen molar-refractivity contribution in [1.82, 2.24) is 9.17 Å². The number of anilines is 1. The zero-order chi connectivity index (χ0) is 28.7. The van der Waals surface area contributed by atoms with E-state index >= 15 is 0 Å². The van der Waals surface area contributed by atoms with Gasteiger partial charge in [0.1, 0.15) is 0 Å². The fraction of sp³-hybridized carbons (Fsp3) is 0.227. The third-order valence-corrected chi connectivity index (χ3v) is 8.01. The van der Waals surface area contributed by atoms with Gasteiger partial charge in [-0.25, -0.2) is 0 Å². The van der Waals surface area contributed by atoms with E-state index in [0.717, 1.165) is 18.6 Å². The van der Waals surface area contributed by atoms with Crippen LogP contribution >= 0.6 is 19.1 Å². The molecule has 17 heteroatoms. The molecule has 3 aromatic rings. The SMILES string of the molecule is CCC(=O)/C(=N\Nc1ccc([N+](=O)[O-])cc1)P(=O)(/N=c1/sn(-c2ccc([N+](=O)[O-])cc2)nc1C(=O)CC)OC. The van der Waals surface area contributed by atoms with E-state index in [-0.39, 0.29) is 40.3 Å². The summed E-state index contributed by atoms with van der Waals surface area (Å²) in [5.41, 5.74) is 2.20. The third kappa shape index (κ3) is 6.73. The maximum atomic E-state index is 13.9. The van der Waals surface area contributed by atoms with E-state index in [2.05, 4.69) is 20.4 Å². The molecule has 3 rings (SSSR count). The van der Waals surface area contributed by atoms with Crippen molar-refractivity contribution in [3.8, 4) is 5.69 Å². The lowest BCUT2D eigenvalue weighted by Gasteiger charge is -2.12. The molecule has 39 heavy (non-hydrogen) atoms. The number of carbonyl (C=O) groups excluding carboxylic acids is 2. The van der Waals surface area contributed by atoms with Gasteiger partial charge in [0.2, 0.25) is 5.45 Å². The predicted molar refractivity (Wildman–Crippen MR) is 142 cm³/mol. The van der Waals surface area contributed by atoms with Crippen LogP contribution in [0.25, 0.3) is 5.69 Å². The molecular formula is C22H22N7O8PS. The lowest BCUT2D eigenvalue weighted by Crippen LogP contribution is -2.18. The lowest BCUT2D eigenvalue weighted by atomic mass is 10.2. The quantitative estimate of drug-likeness (QED) is 0.105. The Hall–Kier alpha value is -4.40. The number of rotatable bonds is 12. The molecule has 0 fully saturated rings. The van der Waals surface area contributed by atoms with Crippen molar-refractivity contribution >= 4 is 53.1 Å². The Bertz CT molecular complexity index is 1560. The predicted octanol–water partition coefficient (Wildman–Crippen LogP) is 4.49. The van der Waals surface area contributed by atoms with E-state index in [1.807, 2.05) is 0 Å². The second kappa shape index (κ2) is 12.4. The Morgan fingerprint density at radius 3 is 2.08 bits per heavy atom. The van der Waals surface area contributed by atoms with Gasteiger partial charge in [0.25, 0.3) is 11.4 Å². The standard InChI is InChI=1S/C22H22N7O8PS/c1-4-18(30)20-22(39-27(25-20)15-10-12-17(13-11-15)29(34)35)26-38(36,37-3)21(19(31)5-2)24-23-14-6-8-16(9-7-14)28(32)33/h6-13,23H,4-5H2,1-3H3/b24-21+,26-22+. The Balaban J connectivity index is 2.11. The molecule has 1 aromatic heterocycles. The van der Waals surface area contributed by atoms with Crippen LogP contribution in [-0.2, 0) is 13.9 Å². The largest absolute Gasteiger partial charge is 0.369 e. The number of Topliss-reactive ketones (excluding diaryl/α,β-unsaturated/α-hetero) is 2. The molecule has 1 heterocycles. The van der Waals surface area contributed by atoms with Crippen LogP contribution in [0.15, 0.2) is 58.4 Å². The number of nitrogens with one attached hydrogen (secondary N) is 1. The Labute approximate surface area is 224 Å². The summed E-state index contributed by atoms with van der Waals surface area (Å²) in [5, 5.41) is 30.0. The minimum Gasteiger partial charge on any atom is -0.311 e. The number of hydrogen-bond acceptors (Lipinski definition) is 12. The number of hydrazone groups is 1. The van der Waals surface area contributed by atoms with Crippen molar-refractivity contribution in [2.45, 2.75) is 26.7 Å². The number of hydrogen-bond donors (Lipinski definition) is 1. The topological polar surface area (TPSA) is 201 Å². The molecule has 0 amide bonds. The minimum absolute atomic E-state index is 0.0420. The number of ketones is 2. The summed E-state index contributed by atoms with van der Waals surface area (Å²) in [6, 6.07) is 10.5. The normalized spacial score (nSPS) is 13.5. The Morgan fingerprint density at radius 1 is 1.03 bits per heavy atom. The summed E-state index contributed by atoms with van der Waals surface area (Å²) in [6.07, 6.45) is -0.0593. The van der Waals surface area contributed by atoms with Crippen LogP contribution in [0.1, 0.15) is 37.2 Å². The van der Waals surface area contributed by atoms with Gasteiger partial charge in [0.15, 0.2) is 21.9 Å². The second-order valence-electron chi connectivity index (χ2n) is 7.60. The zero-order valence-electron chi connectivity index (χ0n) is 20.8. The maximum Gasteiger partial charge on any atom is 0.369 e. The average molecular weight is 576 g/mol. The van der Waals surface area contributed by atoms with Crippen LogP contribution in [0.4, 0.5) is 17.1 Å². The van der Waals surface area contributed by atoms with E-state index in [4.69, 9.17) is 4.52 Å². The molecule has 15 nitrogen and oxygen atoms in total. The minimum atomic E-state index is -4.37. The van der Waals surface area contributed by atoms with E-state index < -0.39 is 34.4 Å². The van der Waals surface area contributed by atoms with Crippen molar-refractivity contribution in [2.24, 2.45) is 9.86 Å². The first-order valence-corrected chi connectivity index (χ1v) is 13.6. The summed E-state index contributed by atoms with van der Waals surface area (Å²) >= 11 is 0.814.